The van der Waals surface area contributed by atoms with Crippen molar-refractivity contribution < 1.29 is 14.4 Å². The lowest BCUT2D eigenvalue weighted by Crippen LogP contribution is -2.38. The summed E-state index contributed by atoms with van der Waals surface area (Å²) in [7, 11) is 0. The minimum Gasteiger partial charge on any atom is -0.398 e. The predicted molar refractivity (Wildman–Crippen MR) is 64.6 cm³/mol. The number of nitrogen functional groups attached to an aromatic ring is 1. The number of nitrogens with zero attached hydrogens (tertiary/aromatic N) is 1. The van der Waals surface area contributed by atoms with E-state index in [1.165, 1.54) is 0 Å². The molecular formula is C12H13N3O3. The lowest BCUT2D eigenvalue weighted by molar-refractivity contribution is -0.121. The van der Waals surface area contributed by atoms with Crippen LogP contribution >= 0.6 is 0 Å². The number of rotatable bonds is 3. The topological polar surface area (TPSA) is 106 Å². The molecule has 0 saturated carbocycles. The summed E-state index contributed by atoms with van der Waals surface area (Å²) in [6.45, 7) is 1.54. The number of primary amides is 1. The van der Waals surface area contributed by atoms with Crippen molar-refractivity contribution in [3.05, 3.63) is 29.3 Å². The van der Waals surface area contributed by atoms with Gasteiger partial charge in [-0.25, -0.2) is 0 Å². The van der Waals surface area contributed by atoms with Gasteiger partial charge in [-0.3, -0.25) is 19.3 Å². The summed E-state index contributed by atoms with van der Waals surface area (Å²) in [4.78, 5) is 36.1. The molecule has 1 aromatic carbocycles. The van der Waals surface area contributed by atoms with Crippen LogP contribution in [0.25, 0.3) is 0 Å². The average molecular weight is 247 g/mol. The quantitative estimate of drug-likeness (QED) is 0.578. The molecule has 3 amide bonds. The maximum atomic E-state index is 12.1. The second-order valence-corrected chi connectivity index (χ2v) is 4.29. The maximum absolute atomic E-state index is 12.1. The van der Waals surface area contributed by atoms with Crippen LogP contribution in [0.4, 0.5) is 5.69 Å². The number of benzene rings is 1. The van der Waals surface area contributed by atoms with Crippen molar-refractivity contribution in [1.82, 2.24) is 4.90 Å². The number of nitrogens with two attached hydrogens (primary N) is 2. The molecule has 0 fully saturated rings. The molecule has 1 heterocycles. The summed E-state index contributed by atoms with van der Waals surface area (Å²) >= 11 is 0. The second-order valence-electron chi connectivity index (χ2n) is 4.29. The normalized spacial score (nSPS) is 15.7. The SMILES string of the molecule is CC(CN1C(=O)c2cccc(N)c2C1=O)C(N)=O. The van der Waals surface area contributed by atoms with Gasteiger partial charge in [0, 0.05) is 12.2 Å². The fraction of sp³-hybridized carbons (Fsp3) is 0.250. The van der Waals surface area contributed by atoms with Crippen LogP contribution in [-0.2, 0) is 4.79 Å². The molecule has 1 atom stereocenters. The summed E-state index contributed by atoms with van der Waals surface area (Å²) in [6, 6.07) is 4.71. The van der Waals surface area contributed by atoms with Gasteiger partial charge in [-0.05, 0) is 12.1 Å². The van der Waals surface area contributed by atoms with Crippen molar-refractivity contribution in [1.29, 1.82) is 0 Å². The molecule has 1 aliphatic rings. The Hall–Kier alpha value is -2.37. The molecular weight excluding hydrogens is 234 g/mol. The van der Waals surface area contributed by atoms with Gasteiger partial charge in [0.25, 0.3) is 11.8 Å². The van der Waals surface area contributed by atoms with E-state index in [0.717, 1.165) is 4.90 Å². The summed E-state index contributed by atoms with van der Waals surface area (Å²) in [5.74, 6) is -2.05. The van der Waals surface area contributed by atoms with Crippen LogP contribution in [0.5, 0.6) is 0 Å². The second kappa shape index (κ2) is 4.14. The first-order valence-corrected chi connectivity index (χ1v) is 5.47. The summed E-state index contributed by atoms with van der Waals surface area (Å²) in [6.07, 6.45) is 0. The number of amides is 3. The summed E-state index contributed by atoms with van der Waals surface area (Å²) in [5.41, 5.74) is 11.6. The summed E-state index contributed by atoms with van der Waals surface area (Å²) in [5, 5.41) is 0. The van der Waals surface area contributed by atoms with Crippen LogP contribution < -0.4 is 11.5 Å². The number of carbonyl (C=O) groups excluding carboxylic acids is 3. The van der Waals surface area contributed by atoms with E-state index >= 15 is 0 Å². The fourth-order valence-electron chi connectivity index (χ4n) is 1.89. The lowest BCUT2D eigenvalue weighted by atomic mass is 10.1. The van der Waals surface area contributed by atoms with Gasteiger partial charge >= 0.3 is 0 Å². The van der Waals surface area contributed by atoms with Crippen LogP contribution in [-0.4, -0.2) is 29.2 Å². The Morgan fingerprint density at radius 1 is 1.33 bits per heavy atom. The van der Waals surface area contributed by atoms with Crippen molar-refractivity contribution in [2.75, 3.05) is 12.3 Å². The fourth-order valence-corrected chi connectivity index (χ4v) is 1.89. The minimum absolute atomic E-state index is 0.0267. The molecule has 1 unspecified atom stereocenters. The first-order chi connectivity index (χ1) is 8.43. The third kappa shape index (κ3) is 1.71. The molecule has 94 valence electrons. The van der Waals surface area contributed by atoms with E-state index in [9.17, 15) is 14.4 Å². The van der Waals surface area contributed by atoms with Crippen molar-refractivity contribution in [2.24, 2.45) is 11.7 Å². The number of hydrogen-bond acceptors (Lipinski definition) is 4. The van der Waals surface area contributed by atoms with Gasteiger partial charge in [0.2, 0.25) is 5.91 Å². The number of carbonyl (C=O) groups is 3. The van der Waals surface area contributed by atoms with E-state index in [4.69, 9.17) is 11.5 Å². The molecule has 0 spiro atoms. The molecule has 2 rings (SSSR count). The third-order valence-corrected chi connectivity index (χ3v) is 2.97. The Morgan fingerprint density at radius 2 is 2.00 bits per heavy atom. The molecule has 1 aliphatic heterocycles. The van der Waals surface area contributed by atoms with Gasteiger partial charge < -0.3 is 11.5 Å². The van der Waals surface area contributed by atoms with E-state index < -0.39 is 23.6 Å². The van der Waals surface area contributed by atoms with Gasteiger partial charge in [0.15, 0.2) is 0 Å². The van der Waals surface area contributed by atoms with Crippen molar-refractivity contribution in [2.45, 2.75) is 6.92 Å². The average Bonchev–Trinajstić information content (AvgIpc) is 2.55. The molecule has 4 N–H and O–H groups in total. The number of anilines is 1. The Bertz CT molecular complexity index is 553. The van der Waals surface area contributed by atoms with Crippen molar-refractivity contribution in [3.8, 4) is 0 Å². The van der Waals surface area contributed by atoms with Gasteiger partial charge in [-0.15, -0.1) is 0 Å². The molecule has 0 aromatic heterocycles. The lowest BCUT2D eigenvalue weighted by Gasteiger charge is -2.16. The summed E-state index contributed by atoms with van der Waals surface area (Å²) < 4.78 is 0. The number of imide groups is 1. The molecule has 6 heteroatoms. The van der Waals surface area contributed by atoms with E-state index in [2.05, 4.69) is 0 Å². The molecule has 6 nitrogen and oxygen atoms in total. The first kappa shape index (κ1) is 12.1. The van der Waals surface area contributed by atoms with Crippen LogP contribution in [0.1, 0.15) is 27.6 Å². The van der Waals surface area contributed by atoms with Gasteiger partial charge in [0.1, 0.15) is 0 Å². The third-order valence-electron chi connectivity index (χ3n) is 2.97. The molecule has 0 radical (unpaired) electrons. The Labute approximate surface area is 104 Å². The van der Waals surface area contributed by atoms with E-state index in [1.54, 1.807) is 25.1 Å². The maximum Gasteiger partial charge on any atom is 0.263 e. The highest BCUT2D eigenvalue weighted by molar-refractivity contribution is 6.23. The van der Waals surface area contributed by atoms with Gasteiger partial charge in [0.05, 0.1) is 17.0 Å². The van der Waals surface area contributed by atoms with Crippen molar-refractivity contribution >= 4 is 23.4 Å². The molecule has 0 aliphatic carbocycles. The molecule has 0 bridgehead atoms. The Morgan fingerprint density at radius 3 is 2.56 bits per heavy atom. The smallest absolute Gasteiger partial charge is 0.263 e. The number of fused-ring (bicyclic) bond motifs is 1. The molecule has 1 aromatic rings. The molecule has 0 saturated heterocycles. The zero-order valence-electron chi connectivity index (χ0n) is 9.84. The van der Waals surface area contributed by atoms with Crippen LogP contribution in [0, 0.1) is 5.92 Å². The van der Waals surface area contributed by atoms with E-state index in [1.807, 2.05) is 0 Å². The monoisotopic (exact) mass is 247 g/mol. The minimum atomic E-state index is -0.589. The largest absolute Gasteiger partial charge is 0.398 e. The highest BCUT2D eigenvalue weighted by Gasteiger charge is 2.37. The molecule has 18 heavy (non-hydrogen) atoms. The Kier molecular flexibility index (Phi) is 2.78. The highest BCUT2D eigenvalue weighted by atomic mass is 16.2. The van der Waals surface area contributed by atoms with E-state index in [0.29, 0.717) is 0 Å². The van der Waals surface area contributed by atoms with Gasteiger partial charge in [-0.2, -0.15) is 0 Å². The van der Waals surface area contributed by atoms with Crippen LogP contribution in [0.15, 0.2) is 18.2 Å². The Balaban J connectivity index is 2.35. The highest BCUT2D eigenvalue weighted by Crippen LogP contribution is 2.27. The first-order valence-electron chi connectivity index (χ1n) is 5.47. The predicted octanol–water partition coefficient (Wildman–Crippen LogP) is -0.0138. The zero-order valence-corrected chi connectivity index (χ0v) is 9.84. The van der Waals surface area contributed by atoms with Gasteiger partial charge in [-0.1, -0.05) is 13.0 Å². The standard InChI is InChI=1S/C12H13N3O3/c1-6(10(14)16)5-15-11(17)7-3-2-4-8(13)9(7)12(15)18/h2-4,6H,5,13H2,1H3,(H2,14,16). The van der Waals surface area contributed by atoms with Crippen molar-refractivity contribution in [3.63, 3.8) is 0 Å². The van der Waals surface area contributed by atoms with Crippen LogP contribution in [0.2, 0.25) is 0 Å². The van der Waals surface area contributed by atoms with Crippen LogP contribution in [0.3, 0.4) is 0 Å². The number of hydrogen-bond donors (Lipinski definition) is 2. The zero-order chi connectivity index (χ0) is 13.4. The van der Waals surface area contributed by atoms with E-state index in [-0.39, 0.29) is 23.4 Å².